The highest BCUT2D eigenvalue weighted by Gasteiger charge is 2.21. The first-order chi connectivity index (χ1) is 14.0. The van der Waals surface area contributed by atoms with Crippen LogP contribution in [-0.2, 0) is 11.3 Å². The molecule has 0 aliphatic carbocycles. The molecule has 0 saturated carbocycles. The molecule has 0 aliphatic heterocycles. The lowest BCUT2D eigenvalue weighted by atomic mass is 9.99. The van der Waals surface area contributed by atoms with Gasteiger partial charge < -0.3 is 9.30 Å². The summed E-state index contributed by atoms with van der Waals surface area (Å²) in [5, 5.41) is 0.798. The number of aryl methyl sites for hydroxylation is 1. The summed E-state index contributed by atoms with van der Waals surface area (Å²) < 4.78 is 9.78. The van der Waals surface area contributed by atoms with Gasteiger partial charge in [-0.15, -0.1) is 0 Å². The number of fused-ring (bicyclic) bond motifs is 5. The maximum absolute atomic E-state index is 11.8. The smallest absolute Gasteiger partial charge is 0.308 e. The van der Waals surface area contributed by atoms with Gasteiger partial charge in [0.15, 0.2) is 11.4 Å². The fraction of sp³-hybridized carbons (Fsp3) is 0.435. The van der Waals surface area contributed by atoms with E-state index in [9.17, 15) is 4.79 Å². The molecule has 6 heteroatoms. The molecule has 0 saturated heterocycles. The van der Waals surface area contributed by atoms with Crippen LogP contribution in [0.4, 0.5) is 0 Å². The molecule has 1 atom stereocenters. The molecule has 6 nitrogen and oxygen atoms in total. The van der Waals surface area contributed by atoms with E-state index in [0.29, 0.717) is 11.7 Å². The van der Waals surface area contributed by atoms with Crippen molar-refractivity contribution in [1.29, 1.82) is 0 Å². The fourth-order valence-corrected chi connectivity index (χ4v) is 4.14. The van der Waals surface area contributed by atoms with Gasteiger partial charge in [-0.05, 0) is 31.4 Å². The Kier molecular flexibility index (Phi) is 5.26. The Hall–Kier alpha value is -2.89. The number of hydrogen-bond donors (Lipinski definition) is 0. The average Bonchev–Trinajstić information content (AvgIpc) is 3.23. The Balaban J connectivity index is 1.95. The second-order valence-corrected chi connectivity index (χ2v) is 7.77. The van der Waals surface area contributed by atoms with Crippen molar-refractivity contribution in [3.05, 3.63) is 36.3 Å². The number of aromatic nitrogens is 4. The molecule has 0 spiro atoms. The van der Waals surface area contributed by atoms with Gasteiger partial charge in [-0.1, -0.05) is 45.2 Å². The summed E-state index contributed by atoms with van der Waals surface area (Å²) in [6.07, 6.45) is 6.63. The molecule has 4 rings (SSSR count). The van der Waals surface area contributed by atoms with E-state index in [2.05, 4.69) is 18.4 Å². The summed E-state index contributed by atoms with van der Waals surface area (Å²) in [7, 11) is 0. The summed E-state index contributed by atoms with van der Waals surface area (Å²) in [5.41, 5.74) is 3.52. The molecule has 3 aromatic heterocycles. The highest BCUT2D eigenvalue weighted by atomic mass is 16.5. The van der Waals surface area contributed by atoms with Crippen molar-refractivity contribution < 1.29 is 9.53 Å². The van der Waals surface area contributed by atoms with Crippen LogP contribution in [0, 0.1) is 12.8 Å². The number of benzene rings is 1. The highest BCUT2D eigenvalue weighted by molar-refractivity contribution is 6.00. The van der Waals surface area contributed by atoms with Gasteiger partial charge >= 0.3 is 5.97 Å². The van der Waals surface area contributed by atoms with E-state index >= 15 is 0 Å². The number of hydrogen-bond acceptors (Lipinski definition) is 4. The zero-order valence-corrected chi connectivity index (χ0v) is 17.6. The van der Waals surface area contributed by atoms with E-state index in [-0.39, 0.29) is 5.97 Å². The molecular weight excluding hydrogens is 364 g/mol. The Morgan fingerprint density at radius 3 is 2.69 bits per heavy atom. The minimum atomic E-state index is -0.336. The van der Waals surface area contributed by atoms with E-state index in [1.54, 1.807) is 0 Å². The van der Waals surface area contributed by atoms with Crippen molar-refractivity contribution in [3.8, 4) is 5.75 Å². The maximum atomic E-state index is 11.8. The molecule has 29 heavy (non-hydrogen) atoms. The van der Waals surface area contributed by atoms with E-state index in [0.717, 1.165) is 46.5 Å². The molecule has 0 amide bonds. The largest absolute Gasteiger partial charge is 0.424 e. The van der Waals surface area contributed by atoms with Gasteiger partial charge in [-0.25, -0.2) is 9.97 Å². The van der Waals surface area contributed by atoms with E-state index in [1.807, 2.05) is 41.8 Å². The summed E-state index contributed by atoms with van der Waals surface area (Å²) in [5.74, 6) is 1.63. The first kappa shape index (κ1) is 19.4. The standard InChI is InChI=1S/C23H28N4O2/c1-5-7-10-17(6-2)13-26-14-20(29-16(4)28)21-22(26)24-15(3)27-19-12-9-8-11-18(19)25-23(21)27/h8-9,11-12,14,17H,5-7,10,13H2,1-4H3/t17-/m1/s1. The van der Waals surface area contributed by atoms with Crippen LogP contribution >= 0.6 is 0 Å². The van der Waals surface area contributed by atoms with Gasteiger partial charge in [0, 0.05) is 19.7 Å². The lowest BCUT2D eigenvalue weighted by Gasteiger charge is -2.16. The summed E-state index contributed by atoms with van der Waals surface area (Å²) in [6.45, 7) is 8.74. The molecule has 0 fully saturated rings. The molecule has 152 valence electrons. The second-order valence-electron chi connectivity index (χ2n) is 7.77. The Labute approximate surface area is 170 Å². The second kappa shape index (κ2) is 7.85. The van der Waals surface area contributed by atoms with Crippen molar-refractivity contribution in [2.24, 2.45) is 5.92 Å². The first-order valence-electron chi connectivity index (χ1n) is 10.5. The molecule has 4 aromatic rings. The topological polar surface area (TPSA) is 61.4 Å². The average molecular weight is 393 g/mol. The maximum Gasteiger partial charge on any atom is 0.308 e. The number of ether oxygens (including phenoxy) is 1. The predicted molar refractivity (Wildman–Crippen MR) is 115 cm³/mol. The van der Waals surface area contributed by atoms with Gasteiger partial charge in [0.2, 0.25) is 0 Å². The number of carbonyl (C=O) groups excluding carboxylic acids is 1. The third-order valence-corrected chi connectivity index (χ3v) is 5.64. The lowest BCUT2D eigenvalue weighted by molar-refractivity contribution is -0.131. The number of carbonyl (C=O) groups is 1. The number of esters is 1. The van der Waals surface area contributed by atoms with Crippen LogP contribution in [0.25, 0.3) is 27.7 Å². The number of nitrogens with zero attached hydrogens (tertiary/aromatic N) is 4. The van der Waals surface area contributed by atoms with Crippen molar-refractivity contribution in [2.45, 2.75) is 59.9 Å². The molecular formula is C23H28N4O2. The molecule has 3 heterocycles. The minimum Gasteiger partial charge on any atom is -0.424 e. The number of para-hydroxylation sites is 2. The molecule has 0 N–H and O–H groups in total. The van der Waals surface area contributed by atoms with E-state index in [4.69, 9.17) is 14.7 Å². The number of unbranched alkanes of at least 4 members (excludes halogenated alkanes) is 1. The zero-order chi connectivity index (χ0) is 20.5. The monoisotopic (exact) mass is 392 g/mol. The molecule has 0 aliphatic rings. The number of rotatable bonds is 7. The molecule has 0 bridgehead atoms. The zero-order valence-electron chi connectivity index (χ0n) is 17.6. The van der Waals surface area contributed by atoms with Crippen LogP contribution in [0.1, 0.15) is 52.3 Å². The van der Waals surface area contributed by atoms with Crippen molar-refractivity contribution >= 4 is 33.7 Å². The van der Waals surface area contributed by atoms with Gasteiger partial charge in [0.05, 0.1) is 11.0 Å². The minimum absolute atomic E-state index is 0.336. The van der Waals surface area contributed by atoms with Gasteiger partial charge in [0.1, 0.15) is 16.9 Å². The third kappa shape index (κ3) is 3.48. The molecule has 0 radical (unpaired) electrons. The SMILES string of the molecule is CCCC[C@@H](CC)Cn1cc(OC(C)=O)c2c1nc(C)n1c3ccccc3nc21. The Bertz CT molecular complexity index is 1190. The summed E-state index contributed by atoms with van der Waals surface area (Å²) >= 11 is 0. The summed E-state index contributed by atoms with van der Waals surface area (Å²) in [6, 6.07) is 8.01. The van der Waals surface area contributed by atoms with Crippen LogP contribution in [0.2, 0.25) is 0 Å². The van der Waals surface area contributed by atoms with Crippen LogP contribution in [0.5, 0.6) is 5.75 Å². The van der Waals surface area contributed by atoms with Crippen molar-refractivity contribution in [1.82, 2.24) is 18.9 Å². The van der Waals surface area contributed by atoms with Crippen molar-refractivity contribution in [2.75, 3.05) is 0 Å². The molecule has 1 aromatic carbocycles. The molecule has 0 unspecified atom stereocenters. The Morgan fingerprint density at radius 1 is 1.17 bits per heavy atom. The lowest BCUT2D eigenvalue weighted by Crippen LogP contribution is -2.10. The predicted octanol–water partition coefficient (Wildman–Crippen LogP) is 5.29. The van der Waals surface area contributed by atoms with Crippen molar-refractivity contribution in [3.63, 3.8) is 0 Å². The van der Waals surface area contributed by atoms with Gasteiger partial charge in [-0.2, -0.15) is 0 Å². The Morgan fingerprint density at radius 2 is 1.97 bits per heavy atom. The van der Waals surface area contributed by atoms with Crippen LogP contribution in [-0.4, -0.2) is 24.9 Å². The van der Waals surface area contributed by atoms with E-state index in [1.165, 1.54) is 26.2 Å². The number of imidazole rings is 1. The van der Waals surface area contributed by atoms with E-state index < -0.39 is 0 Å². The van der Waals surface area contributed by atoms with Crippen LogP contribution in [0.3, 0.4) is 0 Å². The van der Waals surface area contributed by atoms with Crippen LogP contribution < -0.4 is 4.74 Å². The quantitative estimate of drug-likeness (QED) is 0.401. The third-order valence-electron chi connectivity index (χ3n) is 5.64. The normalized spacial score (nSPS) is 12.8. The fourth-order valence-electron chi connectivity index (χ4n) is 4.14. The summed E-state index contributed by atoms with van der Waals surface area (Å²) in [4.78, 5) is 21.6. The highest BCUT2D eigenvalue weighted by Crippen LogP contribution is 2.34. The van der Waals surface area contributed by atoms with Gasteiger partial charge in [0.25, 0.3) is 0 Å². The van der Waals surface area contributed by atoms with Gasteiger partial charge in [-0.3, -0.25) is 9.20 Å². The van der Waals surface area contributed by atoms with Crippen LogP contribution in [0.15, 0.2) is 30.5 Å². The first-order valence-corrected chi connectivity index (χ1v) is 10.5.